The first-order valence-corrected chi connectivity index (χ1v) is 7.01. The highest BCUT2D eigenvalue weighted by Crippen LogP contribution is 2.19. The van der Waals surface area contributed by atoms with Gasteiger partial charge in [0.05, 0.1) is 6.54 Å². The van der Waals surface area contributed by atoms with Crippen molar-refractivity contribution in [2.24, 2.45) is 0 Å². The highest BCUT2D eigenvalue weighted by molar-refractivity contribution is 6.31. The van der Waals surface area contributed by atoms with Gasteiger partial charge >= 0.3 is 5.97 Å². The average molecular weight is 322 g/mol. The summed E-state index contributed by atoms with van der Waals surface area (Å²) in [6.07, 6.45) is 0. The first kappa shape index (κ1) is 16.1. The quantitative estimate of drug-likeness (QED) is 0.935. The van der Waals surface area contributed by atoms with E-state index in [4.69, 9.17) is 21.1 Å². The Morgan fingerprint density at radius 1 is 1.27 bits per heavy atom. The Bertz CT molecular complexity index is 736. The van der Waals surface area contributed by atoms with Crippen molar-refractivity contribution < 1.29 is 19.1 Å². The molecule has 1 N–H and O–H groups in total. The number of hydrogen-bond acceptors (Lipinski definition) is 3. The predicted octanol–water partition coefficient (Wildman–Crippen LogP) is 3.52. The topological polar surface area (TPSA) is 70.8 Å². The van der Waals surface area contributed by atoms with E-state index in [1.807, 2.05) is 6.92 Å². The van der Waals surface area contributed by atoms with Crippen LogP contribution in [-0.4, -0.2) is 28.9 Å². The van der Waals surface area contributed by atoms with Gasteiger partial charge < -0.3 is 14.4 Å². The lowest BCUT2D eigenvalue weighted by Gasteiger charge is -2.16. The van der Waals surface area contributed by atoms with Crippen LogP contribution in [0.15, 0.2) is 28.7 Å². The molecule has 0 aliphatic carbocycles. The smallest absolute Gasteiger partial charge is 0.339 e. The number of aryl methyl sites for hydroxylation is 2. The molecule has 0 saturated heterocycles. The van der Waals surface area contributed by atoms with Gasteiger partial charge in [-0.2, -0.15) is 0 Å². The van der Waals surface area contributed by atoms with Crippen LogP contribution in [0.4, 0.5) is 0 Å². The van der Waals surface area contributed by atoms with Crippen LogP contribution in [-0.2, 0) is 6.54 Å². The molecule has 0 fully saturated rings. The molecule has 1 aromatic carbocycles. The van der Waals surface area contributed by atoms with Crippen LogP contribution in [0, 0.1) is 13.8 Å². The van der Waals surface area contributed by atoms with E-state index in [0.717, 1.165) is 5.56 Å². The molecule has 0 saturated carbocycles. The molecule has 2 aromatic rings. The van der Waals surface area contributed by atoms with Crippen molar-refractivity contribution >= 4 is 23.5 Å². The molecule has 1 aromatic heterocycles. The molecule has 1 amide bonds. The van der Waals surface area contributed by atoms with E-state index < -0.39 is 5.97 Å². The number of hydrogen-bond donors (Lipinski definition) is 1. The Morgan fingerprint density at radius 3 is 2.50 bits per heavy atom. The molecule has 0 aliphatic rings. The largest absolute Gasteiger partial charge is 0.478 e. The van der Waals surface area contributed by atoms with Gasteiger partial charge in [0.25, 0.3) is 5.91 Å². The molecule has 0 radical (unpaired) electrons. The van der Waals surface area contributed by atoms with Crippen molar-refractivity contribution in [1.29, 1.82) is 0 Å². The van der Waals surface area contributed by atoms with E-state index in [9.17, 15) is 9.59 Å². The minimum absolute atomic E-state index is 0.109. The van der Waals surface area contributed by atoms with Crippen LogP contribution in [0.2, 0.25) is 5.02 Å². The fourth-order valence-corrected chi connectivity index (χ4v) is 2.26. The molecule has 5 nitrogen and oxygen atoms in total. The highest BCUT2D eigenvalue weighted by atomic mass is 35.5. The summed E-state index contributed by atoms with van der Waals surface area (Å²) in [5, 5.41) is 9.61. The Balaban J connectivity index is 2.16. The number of benzene rings is 1. The number of amides is 1. The van der Waals surface area contributed by atoms with Crippen LogP contribution in [0.3, 0.4) is 0 Å². The van der Waals surface area contributed by atoms with E-state index in [0.29, 0.717) is 22.1 Å². The summed E-state index contributed by atoms with van der Waals surface area (Å²) in [5.41, 5.74) is 1.45. The number of carboxylic acids is 1. The van der Waals surface area contributed by atoms with Crippen LogP contribution in [0.25, 0.3) is 0 Å². The third kappa shape index (κ3) is 3.31. The Morgan fingerprint density at radius 2 is 1.95 bits per heavy atom. The summed E-state index contributed by atoms with van der Waals surface area (Å²) >= 11 is 5.95. The SMILES string of the molecule is Cc1cc(C(=O)N(C)Cc2cc(C(=O)O)c(C)o2)ccc1Cl. The number of furan rings is 1. The van der Waals surface area contributed by atoms with Crippen LogP contribution < -0.4 is 0 Å². The van der Waals surface area contributed by atoms with Crippen LogP contribution in [0.1, 0.15) is 37.8 Å². The van der Waals surface area contributed by atoms with Gasteiger partial charge in [-0.25, -0.2) is 4.79 Å². The van der Waals surface area contributed by atoms with E-state index in [-0.39, 0.29) is 18.0 Å². The second-order valence-corrected chi connectivity index (χ2v) is 5.52. The van der Waals surface area contributed by atoms with Gasteiger partial charge in [0.15, 0.2) is 0 Å². The van der Waals surface area contributed by atoms with Crippen molar-refractivity contribution in [3.05, 3.63) is 57.5 Å². The zero-order valence-corrected chi connectivity index (χ0v) is 13.3. The van der Waals surface area contributed by atoms with Crippen LogP contribution >= 0.6 is 11.6 Å². The van der Waals surface area contributed by atoms with Gasteiger partial charge in [-0.1, -0.05) is 11.6 Å². The van der Waals surface area contributed by atoms with Gasteiger partial charge in [-0.3, -0.25) is 4.79 Å². The summed E-state index contributed by atoms with van der Waals surface area (Å²) in [7, 11) is 1.63. The summed E-state index contributed by atoms with van der Waals surface area (Å²) in [6.45, 7) is 3.60. The number of carboxylic acid groups (broad SMARTS) is 1. The molecular weight excluding hydrogens is 306 g/mol. The summed E-state index contributed by atoms with van der Waals surface area (Å²) in [5.74, 6) is -0.484. The molecule has 6 heteroatoms. The molecule has 0 spiro atoms. The van der Waals surface area contributed by atoms with E-state index in [1.165, 1.54) is 11.0 Å². The van der Waals surface area contributed by atoms with Crippen LogP contribution in [0.5, 0.6) is 0 Å². The maximum absolute atomic E-state index is 12.4. The first-order valence-electron chi connectivity index (χ1n) is 6.64. The lowest BCUT2D eigenvalue weighted by molar-refractivity contribution is 0.0694. The predicted molar refractivity (Wildman–Crippen MR) is 82.4 cm³/mol. The molecule has 1 heterocycles. The fourth-order valence-electron chi connectivity index (χ4n) is 2.14. The molecule has 22 heavy (non-hydrogen) atoms. The Hall–Kier alpha value is -2.27. The molecule has 0 unspecified atom stereocenters. The maximum atomic E-state index is 12.4. The number of rotatable bonds is 4. The number of nitrogens with zero attached hydrogens (tertiary/aromatic N) is 1. The number of halogens is 1. The van der Waals surface area contributed by atoms with Crippen molar-refractivity contribution in [2.75, 3.05) is 7.05 Å². The van der Waals surface area contributed by atoms with Gasteiger partial charge in [-0.15, -0.1) is 0 Å². The normalized spacial score (nSPS) is 10.5. The summed E-state index contributed by atoms with van der Waals surface area (Å²) < 4.78 is 5.38. The fraction of sp³-hybridized carbons (Fsp3) is 0.250. The Labute approximate surface area is 133 Å². The molecule has 0 aliphatic heterocycles. The van der Waals surface area contributed by atoms with E-state index >= 15 is 0 Å². The third-order valence-electron chi connectivity index (χ3n) is 3.34. The molecular formula is C16H16ClNO4. The zero-order valence-electron chi connectivity index (χ0n) is 12.5. The number of carbonyl (C=O) groups excluding carboxylic acids is 1. The van der Waals surface area contributed by atoms with E-state index in [1.54, 1.807) is 32.2 Å². The summed E-state index contributed by atoms with van der Waals surface area (Å²) in [6, 6.07) is 6.49. The van der Waals surface area contributed by atoms with E-state index in [2.05, 4.69) is 0 Å². The maximum Gasteiger partial charge on any atom is 0.339 e. The minimum atomic E-state index is -1.05. The minimum Gasteiger partial charge on any atom is -0.478 e. The van der Waals surface area contributed by atoms with Crippen molar-refractivity contribution in [3.8, 4) is 0 Å². The van der Waals surface area contributed by atoms with Gasteiger partial charge in [-0.05, 0) is 43.7 Å². The van der Waals surface area contributed by atoms with Crippen molar-refractivity contribution in [2.45, 2.75) is 20.4 Å². The van der Waals surface area contributed by atoms with Crippen molar-refractivity contribution in [3.63, 3.8) is 0 Å². The zero-order chi connectivity index (χ0) is 16.4. The molecule has 0 atom stereocenters. The standard InChI is InChI=1S/C16H16ClNO4/c1-9-6-11(4-5-14(9)17)15(19)18(3)8-12-7-13(16(20)21)10(2)22-12/h4-7H,8H2,1-3H3,(H,20,21). The number of carbonyl (C=O) groups is 2. The first-order chi connectivity index (χ1) is 10.3. The molecule has 116 valence electrons. The summed E-state index contributed by atoms with van der Waals surface area (Å²) in [4.78, 5) is 24.8. The van der Waals surface area contributed by atoms with Gasteiger partial charge in [0, 0.05) is 17.6 Å². The lowest BCUT2D eigenvalue weighted by Crippen LogP contribution is -2.26. The van der Waals surface area contributed by atoms with Crippen molar-refractivity contribution in [1.82, 2.24) is 4.90 Å². The van der Waals surface area contributed by atoms with Gasteiger partial charge in [0.2, 0.25) is 0 Å². The lowest BCUT2D eigenvalue weighted by atomic mass is 10.1. The highest BCUT2D eigenvalue weighted by Gasteiger charge is 2.18. The number of aromatic carboxylic acids is 1. The average Bonchev–Trinajstić information content (AvgIpc) is 2.82. The molecule has 0 bridgehead atoms. The monoisotopic (exact) mass is 321 g/mol. The van der Waals surface area contributed by atoms with Gasteiger partial charge in [0.1, 0.15) is 17.1 Å². The Kier molecular flexibility index (Phi) is 4.56. The second kappa shape index (κ2) is 6.23. The third-order valence-corrected chi connectivity index (χ3v) is 3.77. The second-order valence-electron chi connectivity index (χ2n) is 5.11. The molecule has 2 rings (SSSR count).